The maximum absolute atomic E-state index is 5.94. The van der Waals surface area contributed by atoms with E-state index in [0.717, 1.165) is 23.6 Å². The molecule has 0 saturated heterocycles. The van der Waals surface area contributed by atoms with Crippen LogP contribution in [-0.2, 0) is 12.8 Å². The van der Waals surface area contributed by atoms with Crippen LogP contribution >= 0.6 is 11.6 Å². The summed E-state index contributed by atoms with van der Waals surface area (Å²) in [6, 6.07) is 8.14. The zero-order chi connectivity index (χ0) is 13.7. The molecule has 1 N–H and O–H groups in total. The van der Waals surface area contributed by atoms with Crippen LogP contribution in [-0.4, -0.2) is 22.8 Å². The van der Waals surface area contributed by atoms with Gasteiger partial charge in [-0.25, -0.2) is 0 Å². The Balaban J connectivity index is 1.90. The van der Waals surface area contributed by atoms with Crippen LogP contribution in [0.1, 0.15) is 31.2 Å². The number of benzene rings is 1. The second-order valence-electron chi connectivity index (χ2n) is 4.76. The molecule has 0 amide bonds. The third-order valence-electron chi connectivity index (χ3n) is 2.64. The van der Waals surface area contributed by atoms with E-state index in [-0.39, 0.29) is 0 Å². The smallest absolute Gasteiger partial charge is 0.220 e. The molecule has 4 nitrogen and oxygen atoms in total. The fourth-order valence-corrected chi connectivity index (χ4v) is 1.96. The summed E-state index contributed by atoms with van der Waals surface area (Å²) in [5.74, 6) is 1.30. The summed E-state index contributed by atoms with van der Waals surface area (Å²) in [6.07, 6.45) is 1.37. The van der Waals surface area contributed by atoms with E-state index >= 15 is 0 Å². The van der Waals surface area contributed by atoms with Gasteiger partial charge >= 0.3 is 0 Å². The third-order valence-corrected chi connectivity index (χ3v) is 2.88. The molecule has 0 fully saturated rings. The molecule has 0 saturated carbocycles. The van der Waals surface area contributed by atoms with Crippen molar-refractivity contribution in [2.24, 2.45) is 0 Å². The molecule has 2 aromatic rings. The quantitative estimate of drug-likeness (QED) is 0.883. The summed E-state index contributed by atoms with van der Waals surface area (Å²) in [5.41, 5.74) is 1.07. The molecule has 0 unspecified atom stereocenters. The standard InChI is InChI=1S/C14H18ClN3O/c1-10(2)16-7-6-13-17-18-14(19-13)9-11-4-3-5-12(15)8-11/h3-5,8,10,16H,6-7,9H2,1-2H3. The largest absolute Gasteiger partial charge is 0.425 e. The van der Waals surface area contributed by atoms with E-state index in [9.17, 15) is 0 Å². The minimum absolute atomic E-state index is 0.467. The molecule has 19 heavy (non-hydrogen) atoms. The summed E-state index contributed by atoms with van der Waals surface area (Å²) in [5, 5.41) is 12.1. The second-order valence-corrected chi connectivity index (χ2v) is 5.19. The molecule has 0 atom stereocenters. The first-order chi connectivity index (χ1) is 9.13. The topological polar surface area (TPSA) is 51.0 Å². The van der Waals surface area contributed by atoms with Gasteiger partial charge in [0.15, 0.2) is 0 Å². The molecule has 1 heterocycles. The van der Waals surface area contributed by atoms with Crippen molar-refractivity contribution < 1.29 is 4.42 Å². The Kier molecular flexibility index (Phi) is 4.93. The number of halogens is 1. The van der Waals surface area contributed by atoms with Gasteiger partial charge in [0.2, 0.25) is 11.8 Å². The van der Waals surface area contributed by atoms with Gasteiger partial charge in [-0.3, -0.25) is 0 Å². The van der Waals surface area contributed by atoms with Crippen molar-refractivity contribution in [3.05, 3.63) is 46.6 Å². The Morgan fingerprint density at radius 3 is 2.79 bits per heavy atom. The van der Waals surface area contributed by atoms with Crippen LogP contribution in [0, 0.1) is 0 Å². The fraction of sp³-hybridized carbons (Fsp3) is 0.429. The van der Waals surface area contributed by atoms with Gasteiger partial charge in [-0.05, 0) is 17.7 Å². The van der Waals surface area contributed by atoms with Crippen molar-refractivity contribution >= 4 is 11.6 Å². The lowest BCUT2D eigenvalue weighted by Gasteiger charge is -2.04. The summed E-state index contributed by atoms with van der Waals surface area (Å²) >= 11 is 5.94. The lowest BCUT2D eigenvalue weighted by atomic mass is 10.1. The van der Waals surface area contributed by atoms with E-state index in [1.807, 2.05) is 24.3 Å². The monoisotopic (exact) mass is 279 g/mol. The van der Waals surface area contributed by atoms with Crippen LogP contribution in [0.5, 0.6) is 0 Å². The van der Waals surface area contributed by atoms with Crippen LogP contribution in [0.3, 0.4) is 0 Å². The zero-order valence-corrected chi connectivity index (χ0v) is 11.9. The van der Waals surface area contributed by atoms with Gasteiger partial charge < -0.3 is 9.73 Å². The van der Waals surface area contributed by atoms with E-state index in [0.29, 0.717) is 24.2 Å². The first-order valence-corrected chi connectivity index (χ1v) is 6.80. The second kappa shape index (κ2) is 6.68. The van der Waals surface area contributed by atoms with Crippen LogP contribution in [0.2, 0.25) is 5.02 Å². The van der Waals surface area contributed by atoms with Gasteiger partial charge in [-0.15, -0.1) is 10.2 Å². The third kappa shape index (κ3) is 4.65. The molecule has 0 radical (unpaired) electrons. The molecular weight excluding hydrogens is 262 g/mol. The highest BCUT2D eigenvalue weighted by molar-refractivity contribution is 6.30. The van der Waals surface area contributed by atoms with E-state index in [1.165, 1.54) is 0 Å². The minimum Gasteiger partial charge on any atom is -0.425 e. The van der Waals surface area contributed by atoms with Gasteiger partial charge in [0.25, 0.3) is 0 Å². The first-order valence-electron chi connectivity index (χ1n) is 6.42. The number of hydrogen-bond donors (Lipinski definition) is 1. The summed E-state index contributed by atoms with van der Waals surface area (Å²) in [7, 11) is 0. The van der Waals surface area contributed by atoms with Crippen molar-refractivity contribution in [1.82, 2.24) is 15.5 Å². The van der Waals surface area contributed by atoms with Crippen LogP contribution < -0.4 is 5.32 Å². The Morgan fingerprint density at radius 2 is 2.05 bits per heavy atom. The number of hydrogen-bond acceptors (Lipinski definition) is 4. The Hall–Kier alpha value is -1.39. The molecule has 0 bridgehead atoms. The van der Waals surface area contributed by atoms with E-state index < -0.39 is 0 Å². The van der Waals surface area contributed by atoms with E-state index in [1.54, 1.807) is 0 Å². The lowest BCUT2D eigenvalue weighted by molar-refractivity contribution is 0.446. The number of nitrogens with one attached hydrogen (secondary N) is 1. The maximum Gasteiger partial charge on any atom is 0.220 e. The average molecular weight is 280 g/mol. The Labute approximate surface area is 118 Å². The van der Waals surface area contributed by atoms with Crippen LogP contribution in [0.4, 0.5) is 0 Å². The number of rotatable bonds is 6. The molecule has 0 aliphatic heterocycles. The highest BCUT2D eigenvalue weighted by atomic mass is 35.5. The number of aromatic nitrogens is 2. The molecule has 0 spiro atoms. The van der Waals surface area contributed by atoms with Gasteiger partial charge in [0.1, 0.15) is 0 Å². The van der Waals surface area contributed by atoms with Crippen molar-refractivity contribution in [2.45, 2.75) is 32.7 Å². The molecule has 0 aliphatic rings. The van der Waals surface area contributed by atoms with Crippen molar-refractivity contribution in [1.29, 1.82) is 0 Å². The average Bonchev–Trinajstić information content (AvgIpc) is 2.76. The zero-order valence-electron chi connectivity index (χ0n) is 11.2. The molecule has 1 aromatic carbocycles. The van der Waals surface area contributed by atoms with E-state index in [2.05, 4.69) is 29.4 Å². The van der Waals surface area contributed by atoms with Gasteiger partial charge in [-0.2, -0.15) is 0 Å². The lowest BCUT2D eigenvalue weighted by Crippen LogP contribution is -2.25. The number of nitrogens with zero attached hydrogens (tertiary/aromatic N) is 2. The summed E-state index contributed by atoms with van der Waals surface area (Å²) < 4.78 is 5.60. The van der Waals surface area contributed by atoms with Gasteiger partial charge in [0, 0.05) is 24.0 Å². The normalized spacial score (nSPS) is 11.2. The van der Waals surface area contributed by atoms with Crippen molar-refractivity contribution in [3.63, 3.8) is 0 Å². The van der Waals surface area contributed by atoms with Gasteiger partial charge in [0.05, 0.1) is 6.42 Å². The predicted molar refractivity (Wildman–Crippen MR) is 75.4 cm³/mol. The molecule has 5 heteroatoms. The Bertz CT molecular complexity index is 525. The molecule has 102 valence electrons. The van der Waals surface area contributed by atoms with Crippen molar-refractivity contribution in [3.8, 4) is 0 Å². The minimum atomic E-state index is 0.467. The molecular formula is C14H18ClN3O. The van der Waals surface area contributed by atoms with Gasteiger partial charge in [-0.1, -0.05) is 37.6 Å². The summed E-state index contributed by atoms with van der Waals surface area (Å²) in [6.45, 7) is 5.06. The first kappa shape index (κ1) is 14.0. The Morgan fingerprint density at radius 1 is 1.26 bits per heavy atom. The highest BCUT2D eigenvalue weighted by Gasteiger charge is 2.07. The fourth-order valence-electron chi connectivity index (χ4n) is 1.75. The highest BCUT2D eigenvalue weighted by Crippen LogP contribution is 2.14. The van der Waals surface area contributed by atoms with E-state index in [4.69, 9.17) is 16.0 Å². The summed E-state index contributed by atoms with van der Waals surface area (Å²) in [4.78, 5) is 0. The van der Waals surface area contributed by atoms with Crippen molar-refractivity contribution in [2.75, 3.05) is 6.54 Å². The van der Waals surface area contributed by atoms with Crippen LogP contribution in [0.15, 0.2) is 28.7 Å². The molecule has 0 aliphatic carbocycles. The molecule has 2 rings (SSSR count). The SMILES string of the molecule is CC(C)NCCc1nnc(Cc2cccc(Cl)c2)o1. The molecule has 1 aromatic heterocycles. The predicted octanol–water partition coefficient (Wildman–Crippen LogP) is 2.85. The maximum atomic E-state index is 5.94. The van der Waals surface area contributed by atoms with Crippen LogP contribution in [0.25, 0.3) is 0 Å².